The normalized spacial score (nSPS) is 26.5. The summed E-state index contributed by atoms with van der Waals surface area (Å²) in [5, 5.41) is 6.07. The molecular weight excluding hydrogens is 452 g/mol. The number of nitrogens with zero attached hydrogens (tertiary/aromatic N) is 1. The van der Waals surface area contributed by atoms with Gasteiger partial charge in [0.1, 0.15) is 4.21 Å². The number of hydrogen-bond donors (Lipinski definition) is 1. The van der Waals surface area contributed by atoms with Gasteiger partial charge in [0, 0.05) is 30.6 Å². The van der Waals surface area contributed by atoms with Crippen molar-refractivity contribution in [3.8, 4) is 0 Å². The maximum Gasteiger partial charge on any atom is 0.193 e. The topological polar surface area (TPSA) is 92.8 Å². The monoisotopic (exact) mass is 476 g/mol. The van der Waals surface area contributed by atoms with E-state index in [0.717, 1.165) is 24.4 Å². The van der Waals surface area contributed by atoms with Crippen LogP contribution in [0.1, 0.15) is 10.9 Å². The third-order valence-corrected chi connectivity index (χ3v) is 12.0. The Hall–Kier alpha value is -0.820. The third-order valence-electron chi connectivity index (χ3n) is 5.41. The SMILES string of the molecule is O=S1(=O)C[C@H](NCC(c2cccs2)N2CCOCC2)[C@@H](S(=O)(=O)c2cccs2)C1. The van der Waals surface area contributed by atoms with E-state index in [1.807, 2.05) is 11.4 Å². The molecule has 7 nitrogen and oxygen atoms in total. The summed E-state index contributed by atoms with van der Waals surface area (Å²) in [4.78, 5) is 3.49. The van der Waals surface area contributed by atoms with Crippen molar-refractivity contribution in [1.29, 1.82) is 0 Å². The first-order valence-electron chi connectivity index (χ1n) is 9.43. The molecule has 2 aliphatic rings. The number of morpholine rings is 1. The summed E-state index contributed by atoms with van der Waals surface area (Å²) < 4.78 is 56.4. The largest absolute Gasteiger partial charge is 0.379 e. The highest BCUT2D eigenvalue weighted by Crippen LogP contribution is 2.30. The molecule has 0 amide bonds. The summed E-state index contributed by atoms with van der Waals surface area (Å²) in [5.74, 6) is -0.478. The van der Waals surface area contributed by atoms with Crippen molar-refractivity contribution >= 4 is 42.3 Å². The summed E-state index contributed by atoms with van der Waals surface area (Å²) in [6.07, 6.45) is 0. The van der Waals surface area contributed by atoms with Crippen LogP contribution in [-0.4, -0.2) is 77.4 Å². The Bertz CT molecular complexity index is 997. The quantitative estimate of drug-likeness (QED) is 0.646. The lowest BCUT2D eigenvalue weighted by Crippen LogP contribution is -2.48. The second kappa shape index (κ2) is 8.74. The van der Waals surface area contributed by atoms with Crippen LogP contribution in [0.25, 0.3) is 0 Å². The van der Waals surface area contributed by atoms with Crippen LogP contribution in [0.3, 0.4) is 0 Å². The minimum Gasteiger partial charge on any atom is -0.379 e. The zero-order valence-electron chi connectivity index (χ0n) is 15.8. The predicted molar refractivity (Wildman–Crippen MR) is 115 cm³/mol. The van der Waals surface area contributed by atoms with Gasteiger partial charge in [-0.05, 0) is 22.9 Å². The molecule has 4 heterocycles. The molecule has 11 heteroatoms. The fraction of sp³-hybridized carbons (Fsp3) is 0.556. The Morgan fingerprint density at radius 3 is 2.52 bits per heavy atom. The summed E-state index contributed by atoms with van der Waals surface area (Å²) in [6.45, 7) is 3.41. The second-order valence-electron chi connectivity index (χ2n) is 7.29. The standard InChI is InChI=1S/C18H24N2O5S4/c21-28(22)12-14(17(13-28)29(23,24)18-4-2-10-27-18)19-11-15(16-3-1-9-26-16)20-5-7-25-8-6-20/h1-4,9-10,14-15,17,19H,5-8,11-13H2/t14-,15?,17-/m0/s1. The average molecular weight is 477 g/mol. The van der Waals surface area contributed by atoms with Gasteiger partial charge in [-0.15, -0.1) is 22.7 Å². The van der Waals surface area contributed by atoms with E-state index in [1.54, 1.807) is 28.8 Å². The van der Waals surface area contributed by atoms with Gasteiger partial charge in [-0.25, -0.2) is 16.8 Å². The van der Waals surface area contributed by atoms with Gasteiger partial charge >= 0.3 is 0 Å². The van der Waals surface area contributed by atoms with Gasteiger partial charge < -0.3 is 10.1 Å². The lowest BCUT2D eigenvalue weighted by Gasteiger charge is -2.35. The van der Waals surface area contributed by atoms with E-state index < -0.39 is 31.0 Å². The minimum atomic E-state index is -3.70. The first kappa shape index (κ1) is 21.4. The van der Waals surface area contributed by atoms with Crippen LogP contribution >= 0.6 is 22.7 Å². The summed E-state index contributed by atoms with van der Waals surface area (Å²) in [7, 11) is -7.11. The van der Waals surface area contributed by atoms with E-state index in [4.69, 9.17) is 4.74 Å². The molecule has 2 aromatic rings. The van der Waals surface area contributed by atoms with E-state index in [1.165, 1.54) is 4.88 Å². The molecule has 29 heavy (non-hydrogen) atoms. The van der Waals surface area contributed by atoms with Crippen LogP contribution < -0.4 is 5.32 Å². The van der Waals surface area contributed by atoms with E-state index in [9.17, 15) is 16.8 Å². The lowest BCUT2D eigenvalue weighted by atomic mass is 10.1. The van der Waals surface area contributed by atoms with E-state index >= 15 is 0 Å². The average Bonchev–Trinajstić information content (AvgIpc) is 3.44. The first-order chi connectivity index (χ1) is 13.9. The number of thiophene rings is 2. The van der Waals surface area contributed by atoms with E-state index in [-0.39, 0.29) is 21.8 Å². The fourth-order valence-corrected chi connectivity index (χ4v) is 10.7. The third kappa shape index (κ3) is 4.76. The summed E-state index contributed by atoms with van der Waals surface area (Å²) in [6, 6.07) is 6.73. The number of rotatable bonds is 7. The smallest absolute Gasteiger partial charge is 0.193 e. The molecule has 1 N–H and O–H groups in total. The van der Waals surface area contributed by atoms with Crippen LogP contribution in [0.15, 0.2) is 39.2 Å². The van der Waals surface area contributed by atoms with Gasteiger partial charge in [0.15, 0.2) is 19.7 Å². The van der Waals surface area contributed by atoms with Crippen molar-refractivity contribution in [2.24, 2.45) is 0 Å². The summed E-state index contributed by atoms with van der Waals surface area (Å²) >= 11 is 2.79. The Morgan fingerprint density at radius 2 is 1.86 bits per heavy atom. The Labute approximate surface area is 179 Å². The molecule has 4 rings (SSSR count). The molecule has 0 radical (unpaired) electrons. The number of ether oxygens (including phenoxy) is 1. The molecule has 160 valence electrons. The van der Waals surface area contributed by atoms with Gasteiger partial charge in [0.05, 0.1) is 36.0 Å². The Kier molecular flexibility index (Phi) is 6.45. The van der Waals surface area contributed by atoms with Crippen molar-refractivity contribution in [2.45, 2.75) is 21.5 Å². The minimum absolute atomic E-state index is 0.0623. The first-order valence-corrected chi connectivity index (χ1v) is 14.6. The van der Waals surface area contributed by atoms with Crippen molar-refractivity contribution in [2.75, 3.05) is 44.4 Å². The van der Waals surface area contributed by atoms with E-state index in [2.05, 4.69) is 16.3 Å². The molecule has 2 fully saturated rings. The highest BCUT2D eigenvalue weighted by atomic mass is 32.2. The lowest BCUT2D eigenvalue weighted by molar-refractivity contribution is 0.0165. The molecule has 0 aromatic carbocycles. The Balaban J connectivity index is 1.54. The molecule has 2 saturated heterocycles. The Morgan fingerprint density at radius 1 is 1.14 bits per heavy atom. The maximum atomic E-state index is 13.0. The molecule has 2 aromatic heterocycles. The maximum absolute atomic E-state index is 13.0. The molecule has 1 unspecified atom stereocenters. The van der Waals surface area contributed by atoms with Crippen LogP contribution in [0.5, 0.6) is 0 Å². The van der Waals surface area contributed by atoms with Crippen LogP contribution in [0, 0.1) is 0 Å². The number of sulfone groups is 2. The van der Waals surface area contributed by atoms with E-state index in [0.29, 0.717) is 19.8 Å². The van der Waals surface area contributed by atoms with Gasteiger partial charge in [0.2, 0.25) is 0 Å². The summed E-state index contributed by atoms with van der Waals surface area (Å²) in [5.41, 5.74) is 0. The fourth-order valence-electron chi connectivity index (χ4n) is 3.93. The molecule has 0 saturated carbocycles. The number of nitrogens with one attached hydrogen (secondary N) is 1. The van der Waals surface area contributed by atoms with Crippen molar-refractivity contribution in [1.82, 2.24) is 10.2 Å². The molecule has 3 atom stereocenters. The molecule has 0 spiro atoms. The zero-order chi connectivity index (χ0) is 20.5. The van der Waals surface area contributed by atoms with Gasteiger partial charge in [-0.3, -0.25) is 4.90 Å². The molecule has 0 aliphatic carbocycles. The highest BCUT2D eigenvalue weighted by Gasteiger charge is 2.46. The van der Waals surface area contributed by atoms with Crippen molar-refractivity contribution < 1.29 is 21.6 Å². The van der Waals surface area contributed by atoms with Crippen LogP contribution in [-0.2, 0) is 24.4 Å². The number of hydrogen-bond acceptors (Lipinski definition) is 9. The molecule has 0 bridgehead atoms. The van der Waals surface area contributed by atoms with Gasteiger partial charge in [-0.1, -0.05) is 12.1 Å². The van der Waals surface area contributed by atoms with Crippen LogP contribution in [0.2, 0.25) is 0 Å². The van der Waals surface area contributed by atoms with Gasteiger partial charge in [0.25, 0.3) is 0 Å². The zero-order valence-corrected chi connectivity index (χ0v) is 19.0. The highest BCUT2D eigenvalue weighted by molar-refractivity contribution is 7.97. The molecule has 2 aliphatic heterocycles. The second-order valence-corrected chi connectivity index (χ2v) is 13.8. The predicted octanol–water partition coefficient (Wildman–Crippen LogP) is 1.41. The van der Waals surface area contributed by atoms with Crippen molar-refractivity contribution in [3.05, 3.63) is 39.9 Å². The van der Waals surface area contributed by atoms with Gasteiger partial charge in [-0.2, -0.15) is 0 Å². The van der Waals surface area contributed by atoms with Crippen molar-refractivity contribution in [3.63, 3.8) is 0 Å². The van der Waals surface area contributed by atoms with Crippen LogP contribution in [0.4, 0.5) is 0 Å². The molecular formula is C18H24N2O5S4.